The number of aliphatic carboxylic acids is 1. The van der Waals surface area contributed by atoms with Gasteiger partial charge in [-0.3, -0.25) is 14.9 Å². The molecule has 1 aliphatic carbocycles. The zero-order valence-electron chi connectivity index (χ0n) is 10.3. The fourth-order valence-corrected chi connectivity index (χ4v) is 1.86. The number of carboxylic acids is 1. The molecule has 0 bridgehead atoms. The molecule has 0 radical (unpaired) electrons. The van der Waals surface area contributed by atoms with Gasteiger partial charge in [-0.25, -0.2) is 0 Å². The minimum atomic E-state index is -0.905. The Morgan fingerprint density at radius 3 is 2.53 bits per heavy atom. The number of carbonyl (C=O) groups excluding carboxylic acids is 1. The smallest absolute Gasteiger partial charge is 0.323 e. The number of amides is 1. The summed E-state index contributed by atoms with van der Waals surface area (Å²) in [6.45, 7) is 2.55. The zero-order valence-corrected chi connectivity index (χ0v) is 10.3. The number of ether oxygens (including phenoxy) is 1. The second kappa shape index (κ2) is 5.97. The zero-order chi connectivity index (χ0) is 12.9. The van der Waals surface area contributed by atoms with Crippen LogP contribution in [0.15, 0.2) is 0 Å². The van der Waals surface area contributed by atoms with Crippen LogP contribution in [0.3, 0.4) is 0 Å². The van der Waals surface area contributed by atoms with Crippen molar-refractivity contribution in [2.75, 3.05) is 20.3 Å². The number of hydrogen-bond donors (Lipinski definition) is 3. The van der Waals surface area contributed by atoms with Gasteiger partial charge < -0.3 is 15.2 Å². The molecule has 3 N–H and O–H groups in total. The van der Waals surface area contributed by atoms with Gasteiger partial charge in [-0.2, -0.15) is 0 Å². The molecule has 17 heavy (non-hydrogen) atoms. The summed E-state index contributed by atoms with van der Waals surface area (Å²) in [4.78, 5) is 22.7. The Hall–Kier alpha value is -1.14. The number of methoxy groups -OCH3 is 1. The molecule has 1 aliphatic rings. The van der Waals surface area contributed by atoms with E-state index in [1.165, 1.54) is 0 Å². The molecule has 0 saturated heterocycles. The first-order valence-electron chi connectivity index (χ1n) is 5.79. The second-order valence-corrected chi connectivity index (χ2v) is 4.39. The highest BCUT2D eigenvalue weighted by Crippen LogP contribution is 2.32. The van der Waals surface area contributed by atoms with Gasteiger partial charge in [0.1, 0.15) is 5.54 Å². The minimum Gasteiger partial charge on any atom is -0.480 e. The Balaban J connectivity index is 2.39. The van der Waals surface area contributed by atoms with E-state index in [-0.39, 0.29) is 5.91 Å². The van der Waals surface area contributed by atoms with Gasteiger partial charge in [0.2, 0.25) is 5.91 Å². The Kier molecular flexibility index (Phi) is 4.89. The Bertz CT molecular complexity index is 289. The summed E-state index contributed by atoms with van der Waals surface area (Å²) in [5, 5.41) is 14.7. The number of hydrogen-bond acceptors (Lipinski definition) is 4. The lowest BCUT2D eigenvalue weighted by molar-refractivity contribution is -0.149. The van der Waals surface area contributed by atoms with Crippen LogP contribution in [0, 0.1) is 0 Å². The van der Waals surface area contributed by atoms with E-state index in [2.05, 4.69) is 10.6 Å². The molecule has 98 valence electrons. The predicted molar refractivity (Wildman–Crippen MR) is 61.7 cm³/mol. The lowest BCUT2D eigenvalue weighted by Crippen LogP contribution is -2.62. The van der Waals surface area contributed by atoms with Crippen LogP contribution in [-0.4, -0.2) is 48.8 Å². The summed E-state index contributed by atoms with van der Waals surface area (Å²) >= 11 is 0. The Labute approximate surface area is 101 Å². The van der Waals surface area contributed by atoms with Crippen molar-refractivity contribution < 1.29 is 19.4 Å². The standard InChI is InChI=1S/C11H20N2O4/c1-8(9(14)12-6-7-17-2)13-11(10(15)16)4-3-5-11/h8,13H,3-7H2,1-2H3,(H,12,14)(H,15,16). The van der Waals surface area contributed by atoms with Gasteiger partial charge in [-0.15, -0.1) is 0 Å². The Morgan fingerprint density at radius 1 is 1.47 bits per heavy atom. The summed E-state index contributed by atoms with van der Waals surface area (Å²) in [5.41, 5.74) is -0.905. The van der Waals surface area contributed by atoms with Crippen molar-refractivity contribution in [3.8, 4) is 0 Å². The van der Waals surface area contributed by atoms with Crippen molar-refractivity contribution in [1.29, 1.82) is 0 Å². The maximum atomic E-state index is 11.6. The van der Waals surface area contributed by atoms with Crippen LogP contribution < -0.4 is 10.6 Å². The molecule has 0 aromatic carbocycles. The van der Waals surface area contributed by atoms with Gasteiger partial charge in [0.25, 0.3) is 0 Å². The third-order valence-electron chi connectivity index (χ3n) is 3.11. The highest BCUT2D eigenvalue weighted by Gasteiger charge is 2.45. The summed E-state index contributed by atoms with van der Waals surface area (Å²) in [6, 6.07) is -0.511. The first kappa shape index (κ1) is 13.9. The molecule has 0 spiro atoms. The molecule has 1 rings (SSSR count). The SMILES string of the molecule is COCCNC(=O)C(C)NC1(C(=O)O)CCC1. The Morgan fingerprint density at radius 2 is 2.12 bits per heavy atom. The fourth-order valence-electron chi connectivity index (χ4n) is 1.86. The van der Waals surface area contributed by atoms with Crippen molar-refractivity contribution in [3.05, 3.63) is 0 Å². The van der Waals surface area contributed by atoms with Gasteiger partial charge >= 0.3 is 5.97 Å². The van der Waals surface area contributed by atoms with E-state index in [0.717, 1.165) is 6.42 Å². The van der Waals surface area contributed by atoms with Crippen molar-refractivity contribution in [2.24, 2.45) is 0 Å². The fraction of sp³-hybridized carbons (Fsp3) is 0.818. The first-order chi connectivity index (χ1) is 8.02. The molecular weight excluding hydrogens is 224 g/mol. The van der Waals surface area contributed by atoms with Crippen LogP contribution >= 0.6 is 0 Å². The summed E-state index contributed by atoms with van der Waals surface area (Å²) in [7, 11) is 1.56. The van der Waals surface area contributed by atoms with E-state index in [1.807, 2.05) is 0 Å². The summed E-state index contributed by atoms with van der Waals surface area (Å²) in [5.74, 6) is -1.07. The van der Waals surface area contributed by atoms with E-state index < -0.39 is 17.6 Å². The lowest BCUT2D eigenvalue weighted by Gasteiger charge is -2.40. The van der Waals surface area contributed by atoms with E-state index in [1.54, 1.807) is 14.0 Å². The van der Waals surface area contributed by atoms with Crippen molar-refractivity contribution in [1.82, 2.24) is 10.6 Å². The van der Waals surface area contributed by atoms with Crippen molar-refractivity contribution in [3.63, 3.8) is 0 Å². The van der Waals surface area contributed by atoms with Crippen LogP contribution in [-0.2, 0) is 14.3 Å². The van der Waals surface area contributed by atoms with E-state index >= 15 is 0 Å². The third kappa shape index (κ3) is 3.41. The van der Waals surface area contributed by atoms with Crippen LogP contribution in [0.5, 0.6) is 0 Å². The maximum Gasteiger partial charge on any atom is 0.323 e. The number of carboxylic acid groups (broad SMARTS) is 1. The summed E-state index contributed by atoms with van der Waals surface area (Å²) in [6.07, 6.45) is 2.05. The topological polar surface area (TPSA) is 87.7 Å². The highest BCUT2D eigenvalue weighted by molar-refractivity contribution is 5.84. The number of rotatable bonds is 7. The molecule has 1 saturated carbocycles. The van der Waals surface area contributed by atoms with Crippen LogP contribution in [0.2, 0.25) is 0 Å². The second-order valence-electron chi connectivity index (χ2n) is 4.39. The van der Waals surface area contributed by atoms with Gasteiger partial charge in [0.15, 0.2) is 0 Å². The van der Waals surface area contributed by atoms with Crippen molar-refractivity contribution in [2.45, 2.75) is 37.8 Å². The molecule has 0 aromatic rings. The monoisotopic (exact) mass is 244 g/mol. The summed E-state index contributed by atoms with van der Waals surface area (Å²) < 4.78 is 4.81. The molecule has 1 fully saturated rings. The number of nitrogens with one attached hydrogen (secondary N) is 2. The molecule has 6 heteroatoms. The lowest BCUT2D eigenvalue weighted by atomic mass is 9.76. The predicted octanol–water partition coefficient (Wildman–Crippen LogP) is -0.266. The van der Waals surface area contributed by atoms with Crippen LogP contribution in [0.4, 0.5) is 0 Å². The number of carbonyl (C=O) groups is 2. The molecule has 0 aliphatic heterocycles. The van der Waals surface area contributed by atoms with E-state index in [9.17, 15) is 9.59 Å². The molecule has 1 unspecified atom stereocenters. The van der Waals surface area contributed by atoms with E-state index in [0.29, 0.717) is 26.0 Å². The van der Waals surface area contributed by atoms with Crippen LogP contribution in [0.25, 0.3) is 0 Å². The largest absolute Gasteiger partial charge is 0.480 e. The van der Waals surface area contributed by atoms with Crippen LogP contribution in [0.1, 0.15) is 26.2 Å². The third-order valence-corrected chi connectivity index (χ3v) is 3.11. The average Bonchev–Trinajstić information content (AvgIpc) is 2.22. The van der Waals surface area contributed by atoms with E-state index in [4.69, 9.17) is 9.84 Å². The molecule has 1 amide bonds. The van der Waals surface area contributed by atoms with Crippen molar-refractivity contribution >= 4 is 11.9 Å². The quantitative estimate of drug-likeness (QED) is 0.537. The van der Waals surface area contributed by atoms with Gasteiger partial charge in [0, 0.05) is 13.7 Å². The van der Waals surface area contributed by atoms with Gasteiger partial charge in [-0.05, 0) is 26.2 Å². The molecular formula is C11H20N2O4. The molecule has 0 heterocycles. The average molecular weight is 244 g/mol. The molecule has 1 atom stereocenters. The first-order valence-corrected chi connectivity index (χ1v) is 5.79. The molecule has 6 nitrogen and oxygen atoms in total. The maximum absolute atomic E-state index is 11.6. The molecule has 0 aromatic heterocycles. The minimum absolute atomic E-state index is 0.199. The highest BCUT2D eigenvalue weighted by atomic mass is 16.5. The normalized spacial score (nSPS) is 19.2. The van der Waals surface area contributed by atoms with Gasteiger partial charge in [0.05, 0.1) is 12.6 Å². The van der Waals surface area contributed by atoms with Gasteiger partial charge in [-0.1, -0.05) is 0 Å².